The van der Waals surface area contributed by atoms with E-state index < -0.39 is 72.1 Å². The third kappa shape index (κ3) is 56.1. The first-order valence-corrected chi connectivity index (χ1v) is 40.3. The van der Waals surface area contributed by atoms with E-state index in [2.05, 4.69) is 61.9 Å². The maximum Gasteiger partial charge on any atom is 6.00 e. The van der Waals surface area contributed by atoms with Gasteiger partial charge in [0.1, 0.15) is 69.0 Å². The van der Waals surface area contributed by atoms with E-state index in [4.69, 9.17) is 66.9 Å². The van der Waals surface area contributed by atoms with Gasteiger partial charge in [-0.05, 0) is 147 Å². The SMILES string of the molecule is N=C(N)NCCC[C@H](N=CCc1ccc(O)cc1O)C(=O)[O-].N=C(N)NCCC[C@H](N=CCc1ccc(O)cc1O)C(=O)[O-].N=C(N)NCCC[C@H](N=CCc1ccc(O)cc1O)C(=O)[O-].N=C(N)NCCC[C@H](N=CCc1ccc(O)cc1O)C(=O)[O-].N=C(N)NCCC[C@H](N=CCc1ccc(O)cc1O)C(=O)[O-].N=C(N)NCCC[C@H](N=CCc1ccc(O)cc1O)C(=O)[O-].[Mo+6]. The second kappa shape index (κ2) is 66.5. The van der Waals surface area contributed by atoms with E-state index in [1.165, 1.54) is 146 Å². The largest absolute Gasteiger partial charge is 6.00 e. The van der Waals surface area contributed by atoms with Crippen molar-refractivity contribution < 1.29 is 142 Å². The Morgan fingerprint density at radius 1 is 0.256 bits per heavy atom. The zero-order valence-corrected chi connectivity index (χ0v) is 74.1. The van der Waals surface area contributed by atoms with Gasteiger partial charge in [-0.3, -0.25) is 62.4 Å². The molecule has 6 aromatic carbocycles. The van der Waals surface area contributed by atoms with Crippen LogP contribution in [-0.4, -0.2) is 246 Å². The van der Waals surface area contributed by atoms with Gasteiger partial charge in [-0.25, -0.2) is 0 Å². The second-order valence-corrected chi connectivity index (χ2v) is 28.0. The molecule has 0 spiro atoms. The van der Waals surface area contributed by atoms with Crippen LogP contribution in [0.15, 0.2) is 139 Å². The molecule has 0 aromatic heterocycles. The first-order valence-electron chi connectivity index (χ1n) is 40.3. The Bertz CT molecular complexity index is 4140. The van der Waals surface area contributed by atoms with Crippen LogP contribution in [-0.2, 0) is 88.4 Å². The Labute approximate surface area is 778 Å². The molecule has 0 aliphatic carbocycles. The summed E-state index contributed by atoms with van der Waals surface area (Å²) in [5.74, 6) is -9.52. The van der Waals surface area contributed by atoms with Crippen LogP contribution in [0.1, 0.15) is 110 Å². The molecule has 0 radical (unpaired) electrons. The summed E-state index contributed by atoms with van der Waals surface area (Å²) in [5.41, 5.74) is 33.8. The van der Waals surface area contributed by atoms with E-state index in [1.54, 1.807) is 0 Å². The molecular weight excluding hydrogens is 1830 g/mol. The number of carbonyl (C=O) groups excluding carboxylic acids is 6. The number of guanidine groups is 6. The molecule has 0 bridgehead atoms. The van der Waals surface area contributed by atoms with Crippen molar-refractivity contribution >= 4 is 109 Å². The molecule has 0 unspecified atom stereocenters. The normalized spacial score (nSPS) is 12.1. The van der Waals surface area contributed by atoms with Gasteiger partial charge in [-0.1, -0.05) is 36.4 Å². The fourth-order valence-electron chi connectivity index (χ4n) is 10.6. The number of carboxylic acid groups (broad SMARTS) is 6. The van der Waals surface area contributed by atoms with Crippen LogP contribution in [0.4, 0.5) is 0 Å². The minimum atomic E-state index is -1.28. The van der Waals surface area contributed by atoms with Crippen molar-refractivity contribution in [3.8, 4) is 69.0 Å². The van der Waals surface area contributed by atoms with Crippen LogP contribution < -0.4 is 96.9 Å². The molecule has 720 valence electrons. The molecule has 6 rings (SSSR count). The van der Waals surface area contributed by atoms with E-state index in [0.29, 0.717) is 111 Å². The van der Waals surface area contributed by atoms with Gasteiger partial charge >= 0.3 is 21.1 Å². The molecule has 0 aliphatic rings. The summed E-state index contributed by atoms with van der Waals surface area (Å²) in [6.45, 7) is 2.29. The van der Waals surface area contributed by atoms with Gasteiger partial charge in [0.05, 0.1) is 72.1 Å². The molecule has 0 saturated heterocycles. The van der Waals surface area contributed by atoms with Crippen LogP contribution in [0.3, 0.4) is 0 Å². The average molecular weight is 1940 g/mol. The molecule has 133 heavy (non-hydrogen) atoms. The van der Waals surface area contributed by atoms with Gasteiger partial charge in [0, 0.05) is 151 Å². The number of phenols is 12. The molecule has 36 N–H and O–H groups in total. The summed E-state index contributed by atoms with van der Waals surface area (Å²) >= 11 is 0. The van der Waals surface area contributed by atoms with Crippen LogP contribution in [0.25, 0.3) is 0 Å². The third-order valence-electron chi connectivity index (χ3n) is 17.4. The Morgan fingerprint density at radius 3 is 0.474 bits per heavy atom. The van der Waals surface area contributed by atoms with Crippen LogP contribution in [0, 0.1) is 32.5 Å². The van der Waals surface area contributed by atoms with E-state index in [-0.39, 0.29) is 203 Å². The number of aliphatic carboxylic acids is 6. The molecule has 0 saturated carbocycles. The second-order valence-electron chi connectivity index (χ2n) is 28.0. The topological polar surface area (TPSA) is 929 Å². The number of benzene rings is 6. The van der Waals surface area contributed by atoms with E-state index in [9.17, 15) is 121 Å². The number of hydrogen-bond donors (Lipinski definition) is 30. The van der Waals surface area contributed by atoms with Crippen molar-refractivity contribution in [2.75, 3.05) is 39.3 Å². The van der Waals surface area contributed by atoms with Crippen LogP contribution >= 0.6 is 0 Å². The Kier molecular flexibility index (Phi) is 58.5. The zero-order valence-electron chi connectivity index (χ0n) is 72.1. The van der Waals surface area contributed by atoms with Gasteiger partial charge in [0.25, 0.3) is 0 Å². The quantitative estimate of drug-likeness (QED) is 0.00733. The summed E-state index contributed by atoms with van der Waals surface area (Å²) < 4.78 is 0. The number of carbonyl (C=O) groups is 6. The monoisotopic (exact) mass is 1940 g/mol. The van der Waals surface area contributed by atoms with Crippen molar-refractivity contribution in [3.05, 3.63) is 143 Å². The number of carboxylic acids is 6. The van der Waals surface area contributed by atoms with E-state index in [0.717, 1.165) is 0 Å². The summed E-state index contributed by atoms with van der Waals surface area (Å²) in [6, 6.07) is 19.0. The molecule has 0 aliphatic heterocycles. The van der Waals surface area contributed by atoms with E-state index >= 15 is 0 Å². The Morgan fingerprint density at radius 2 is 0.376 bits per heavy atom. The molecular formula is C84H114MoN24O24. The van der Waals surface area contributed by atoms with Crippen molar-refractivity contribution in [1.82, 2.24) is 31.9 Å². The first-order chi connectivity index (χ1) is 62.4. The molecule has 0 fully saturated rings. The number of nitrogens with one attached hydrogen (secondary N) is 12. The smallest absolute Gasteiger partial charge is 0.548 e. The molecule has 6 aromatic rings. The fraction of sp³-hybridized carbons (Fsp3) is 0.357. The molecule has 49 heteroatoms. The summed E-state index contributed by atoms with van der Waals surface area (Å²) in [4.78, 5) is 89.5. The Hall–Kier alpha value is -15.9. The summed E-state index contributed by atoms with van der Waals surface area (Å²) in [6.07, 6.45) is 14.1. The van der Waals surface area contributed by atoms with Gasteiger partial charge in [-0.2, -0.15) is 0 Å². The first kappa shape index (κ1) is 117. The standard InChI is InChI=1S/6C14H20N4O4.Mo/c6*15-14(16)18-6-1-2-11(13(21)22)17-7-5-9-3-4-10(19)8-12(9)20;/h6*3-4,7-8,11,19-20H,1-2,5-6H2,(H,21,22)(H4,15,16,18);/q;;;;;;+6/p-6/t6*11-;/m000000./s1. The number of nitrogens with zero attached hydrogens (tertiary/aromatic N) is 6. The van der Waals surface area contributed by atoms with Crippen molar-refractivity contribution in [3.63, 3.8) is 0 Å². The van der Waals surface area contributed by atoms with Crippen LogP contribution in [0.5, 0.6) is 69.0 Å². The fourth-order valence-corrected chi connectivity index (χ4v) is 10.6. The summed E-state index contributed by atoms with van der Waals surface area (Å²) in [7, 11) is 0. The minimum absolute atomic E-state index is 0. The average Bonchev–Trinajstić information content (AvgIpc) is 0.902. The van der Waals surface area contributed by atoms with Gasteiger partial charge in [0.15, 0.2) is 35.8 Å². The third-order valence-corrected chi connectivity index (χ3v) is 17.4. The van der Waals surface area contributed by atoms with Gasteiger partial charge < -0.3 is 187 Å². The van der Waals surface area contributed by atoms with Crippen molar-refractivity contribution in [2.24, 2.45) is 64.4 Å². The maximum atomic E-state index is 11.0. The number of nitrogens with two attached hydrogens (primary N) is 6. The maximum absolute atomic E-state index is 11.0. The number of hydrogen-bond acceptors (Lipinski definition) is 36. The molecule has 6 atom stereocenters. The van der Waals surface area contributed by atoms with E-state index in [1.807, 2.05) is 0 Å². The minimum Gasteiger partial charge on any atom is -0.548 e. The number of phenolic OH excluding ortho intramolecular Hbond substituents is 12. The predicted molar refractivity (Wildman–Crippen MR) is 479 cm³/mol. The van der Waals surface area contributed by atoms with Gasteiger partial charge in [0.2, 0.25) is 0 Å². The van der Waals surface area contributed by atoms with Crippen molar-refractivity contribution in [1.29, 1.82) is 32.5 Å². The number of rotatable bonds is 48. The molecule has 48 nitrogen and oxygen atoms in total. The van der Waals surface area contributed by atoms with Crippen molar-refractivity contribution in [2.45, 2.75) is 152 Å². The molecule has 0 amide bonds. The van der Waals surface area contributed by atoms with Gasteiger partial charge in [-0.15, -0.1) is 0 Å². The Balaban J connectivity index is 0.00000157. The zero-order chi connectivity index (χ0) is 99.2. The van der Waals surface area contributed by atoms with Crippen LogP contribution in [0.2, 0.25) is 0 Å². The number of aliphatic imine (C=N–C) groups is 6. The number of aromatic hydroxyl groups is 12. The predicted octanol–water partition coefficient (Wildman–Crippen LogP) is -5.45. The summed E-state index contributed by atoms with van der Waals surface area (Å²) in [5, 5.41) is 236. The molecule has 0 heterocycles.